The Hall–Kier alpha value is -1.03. The second-order valence-electron chi connectivity index (χ2n) is 4.41. The van der Waals surface area contributed by atoms with E-state index in [4.69, 9.17) is 23.2 Å². The first kappa shape index (κ1) is 15.4. The first-order valence-electron chi connectivity index (χ1n) is 5.96. The van der Waals surface area contributed by atoms with Crippen LogP contribution in [0, 0.1) is 6.92 Å². The SMILES string of the molecule is Cc1ccc(NC(=O)Cc2c(Cl)cccc2Cl)c(Br)c1. The molecule has 1 N–H and O–H groups in total. The van der Waals surface area contributed by atoms with E-state index >= 15 is 0 Å². The fourth-order valence-corrected chi connectivity index (χ4v) is 2.90. The van der Waals surface area contributed by atoms with Crippen LogP contribution in [0.3, 0.4) is 0 Å². The minimum atomic E-state index is -0.162. The lowest BCUT2D eigenvalue weighted by atomic mass is 10.1. The van der Waals surface area contributed by atoms with E-state index in [0.29, 0.717) is 15.6 Å². The highest BCUT2D eigenvalue weighted by Crippen LogP contribution is 2.26. The molecule has 0 aromatic heterocycles. The topological polar surface area (TPSA) is 29.1 Å². The predicted molar refractivity (Wildman–Crippen MR) is 87.7 cm³/mol. The molecule has 0 aliphatic heterocycles. The molecule has 0 unspecified atom stereocenters. The Balaban J connectivity index is 2.13. The Morgan fingerprint density at radius 3 is 2.45 bits per heavy atom. The Morgan fingerprint density at radius 1 is 1.20 bits per heavy atom. The van der Waals surface area contributed by atoms with Crippen molar-refractivity contribution >= 4 is 50.7 Å². The summed E-state index contributed by atoms with van der Waals surface area (Å²) >= 11 is 15.5. The maximum Gasteiger partial charge on any atom is 0.228 e. The second kappa shape index (κ2) is 6.61. The Morgan fingerprint density at radius 2 is 1.85 bits per heavy atom. The molecule has 2 aromatic carbocycles. The fourth-order valence-electron chi connectivity index (χ4n) is 1.78. The number of carbonyl (C=O) groups excluding carboxylic acids is 1. The molecule has 0 fully saturated rings. The molecule has 2 nitrogen and oxygen atoms in total. The Labute approximate surface area is 136 Å². The molecule has 0 aliphatic carbocycles. The minimum Gasteiger partial charge on any atom is -0.325 e. The summed E-state index contributed by atoms with van der Waals surface area (Å²) in [5, 5.41) is 3.83. The third kappa shape index (κ3) is 3.75. The molecule has 0 saturated carbocycles. The van der Waals surface area contributed by atoms with Gasteiger partial charge in [0.25, 0.3) is 0 Å². The molecule has 0 heterocycles. The van der Waals surface area contributed by atoms with Crippen molar-refractivity contribution in [2.45, 2.75) is 13.3 Å². The van der Waals surface area contributed by atoms with Crippen LogP contribution in [0.2, 0.25) is 10.0 Å². The molecule has 0 aliphatic rings. The summed E-state index contributed by atoms with van der Waals surface area (Å²) in [6.07, 6.45) is 0.138. The van der Waals surface area contributed by atoms with E-state index in [2.05, 4.69) is 21.2 Å². The van der Waals surface area contributed by atoms with Crippen LogP contribution in [0.4, 0.5) is 5.69 Å². The number of nitrogens with one attached hydrogen (secondary N) is 1. The van der Waals surface area contributed by atoms with Gasteiger partial charge in [0.15, 0.2) is 0 Å². The first-order valence-corrected chi connectivity index (χ1v) is 7.51. The van der Waals surface area contributed by atoms with Gasteiger partial charge >= 0.3 is 0 Å². The lowest BCUT2D eigenvalue weighted by molar-refractivity contribution is -0.115. The molecular formula is C15H12BrCl2NO. The highest BCUT2D eigenvalue weighted by Gasteiger charge is 2.12. The average molecular weight is 373 g/mol. The van der Waals surface area contributed by atoms with Crippen LogP contribution < -0.4 is 5.32 Å². The summed E-state index contributed by atoms with van der Waals surface area (Å²) in [5.74, 6) is -0.162. The van der Waals surface area contributed by atoms with E-state index in [1.54, 1.807) is 18.2 Å². The standard InChI is InChI=1S/C15H12BrCl2NO/c1-9-5-6-14(11(16)7-9)19-15(20)8-10-12(17)3-2-4-13(10)18/h2-7H,8H2,1H3,(H,19,20). The van der Waals surface area contributed by atoms with Crippen molar-refractivity contribution in [1.82, 2.24) is 0 Å². The molecule has 0 spiro atoms. The van der Waals surface area contributed by atoms with E-state index in [0.717, 1.165) is 15.7 Å². The van der Waals surface area contributed by atoms with E-state index in [1.807, 2.05) is 25.1 Å². The van der Waals surface area contributed by atoms with Crippen LogP contribution in [0.15, 0.2) is 40.9 Å². The normalized spacial score (nSPS) is 10.4. The van der Waals surface area contributed by atoms with Crippen molar-refractivity contribution in [3.05, 3.63) is 62.0 Å². The van der Waals surface area contributed by atoms with Crippen LogP contribution in [0.25, 0.3) is 0 Å². The van der Waals surface area contributed by atoms with Gasteiger partial charge in [-0.15, -0.1) is 0 Å². The van der Waals surface area contributed by atoms with Crippen molar-refractivity contribution in [2.75, 3.05) is 5.32 Å². The molecular weight excluding hydrogens is 361 g/mol. The zero-order valence-electron chi connectivity index (χ0n) is 10.7. The first-order chi connectivity index (χ1) is 9.47. The predicted octanol–water partition coefficient (Wildman–Crippen LogP) is 5.25. The number of aryl methyl sites for hydroxylation is 1. The van der Waals surface area contributed by atoms with Crippen molar-refractivity contribution in [2.24, 2.45) is 0 Å². The van der Waals surface area contributed by atoms with Crippen molar-refractivity contribution < 1.29 is 4.79 Å². The Kier molecular flexibility index (Phi) is 5.08. The molecule has 1 amide bonds. The summed E-state index contributed by atoms with van der Waals surface area (Å²) in [7, 11) is 0. The maximum absolute atomic E-state index is 12.1. The van der Waals surface area contributed by atoms with Gasteiger partial charge in [-0.3, -0.25) is 4.79 Å². The van der Waals surface area contributed by atoms with Gasteiger partial charge in [0.2, 0.25) is 5.91 Å². The van der Waals surface area contributed by atoms with E-state index in [9.17, 15) is 4.79 Å². The largest absolute Gasteiger partial charge is 0.325 e. The van der Waals surface area contributed by atoms with Gasteiger partial charge in [-0.05, 0) is 58.2 Å². The number of hydrogen-bond donors (Lipinski definition) is 1. The molecule has 0 atom stereocenters. The number of amides is 1. The molecule has 0 radical (unpaired) electrons. The van der Waals surface area contributed by atoms with Crippen LogP contribution in [-0.2, 0) is 11.2 Å². The molecule has 2 rings (SSSR count). The number of rotatable bonds is 3. The monoisotopic (exact) mass is 371 g/mol. The molecule has 0 bridgehead atoms. The summed E-state index contributed by atoms with van der Waals surface area (Å²) in [6, 6.07) is 10.9. The molecule has 20 heavy (non-hydrogen) atoms. The quantitative estimate of drug-likeness (QED) is 0.783. The second-order valence-corrected chi connectivity index (χ2v) is 6.08. The molecule has 5 heteroatoms. The van der Waals surface area contributed by atoms with Crippen LogP contribution >= 0.6 is 39.1 Å². The third-order valence-electron chi connectivity index (χ3n) is 2.80. The van der Waals surface area contributed by atoms with Crippen LogP contribution in [0.5, 0.6) is 0 Å². The number of anilines is 1. The molecule has 104 valence electrons. The van der Waals surface area contributed by atoms with Crippen molar-refractivity contribution in [3.63, 3.8) is 0 Å². The summed E-state index contributed by atoms with van der Waals surface area (Å²) in [4.78, 5) is 12.1. The fraction of sp³-hybridized carbons (Fsp3) is 0.133. The van der Waals surface area contributed by atoms with Crippen LogP contribution in [-0.4, -0.2) is 5.91 Å². The van der Waals surface area contributed by atoms with Crippen LogP contribution in [0.1, 0.15) is 11.1 Å². The van der Waals surface area contributed by atoms with Gasteiger partial charge < -0.3 is 5.32 Å². The third-order valence-corrected chi connectivity index (χ3v) is 4.16. The highest BCUT2D eigenvalue weighted by atomic mass is 79.9. The molecule has 2 aromatic rings. The summed E-state index contributed by atoms with van der Waals surface area (Å²) in [6.45, 7) is 1.99. The minimum absolute atomic E-state index is 0.138. The van der Waals surface area contributed by atoms with Gasteiger partial charge in [-0.25, -0.2) is 0 Å². The smallest absolute Gasteiger partial charge is 0.228 e. The number of hydrogen-bond acceptors (Lipinski definition) is 1. The summed E-state index contributed by atoms with van der Waals surface area (Å²) < 4.78 is 0.844. The zero-order valence-corrected chi connectivity index (χ0v) is 13.8. The molecule has 0 saturated heterocycles. The number of halogens is 3. The zero-order chi connectivity index (χ0) is 14.7. The lowest BCUT2D eigenvalue weighted by Crippen LogP contribution is -2.15. The Bertz CT molecular complexity index is 638. The van der Waals surface area contributed by atoms with Gasteiger partial charge in [0, 0.05) is 14.5 Å². The van der Waals surface area contributed by atoms with E-state index < -0.39 is 0 Å². The summed E-state index contributed by atoms with van der Waals surface area (Å²) in [5.41, 5.74) is 2.48. The number of benzene rings is 2. The van der Waals surface area contributed by atoms with Gasteiger partial charge in [-0.2, -0.15) is 0 Å². The van der Waals surface area contributed by atoms with E-state index in [1.165, 1.54) is 0 Å². The van der Waals surface area contributed by atoms with E-state index in [-0.39, 0.29) is 12.3 Å². The number of carbonyl (C=O) groups is 1. The average Bonchev–Trinajstić information content (AvgIpc) is 2.37. The van der Waals surface area contributed by atoms with Gasteiger partial charge in [0.1, 0.15) is 0 Å². The van der Waals surface area contributed by atoms with Gasteiger partial charge in [-0.1, -0.05) is 35.3 Å². The maximum atomic E-state index is 12.1. The van der Waals surface area contributed by atoms with Crippen molar-refractivity contribution in [3.8, 4) is 0 Å². The van der Waals surface area contributed by atoms with Crippen molar-refractivity contribution in [1.29, 1.82) is 0 Å². The van der Waals surface area contributed by atoms with Gasteiger partial charge in [0.05, 0.1) is 12.1 Å². The highest BCUT2D eigenvalue weighted by molar-refractivity contribution is 9.10. The lowest BCUT2D eigenvalue weighted by Gasteiger charge is -2.10.